The monoisotopic (exact) mass is 280 g/mol. The van der Waals surface area contributed by atoms with Crippen molar-refractivity contribution in [3.05, 3.63) is 23.8 Å². The minimum Gasteiger partial charge on any atom is -0.399 e. The van der Waals surface area contributed by atoms with Crippen molar-refractivity contribution in [3.8, 4) is 0 Å². The Labute approximate surface area is 120 Å². The summed E-state index contributed by atoms with van der Waals surface area (Å²) in [6, 6.07) is 1.58. The van der Waals surface area contributed by atoms with Gasteiger partial charge in [-0.2, -0.15) is 4.39 Å². The van der Waals surface area contributed by atoms with E-state index in [4.69, 9.17) is 15.0 Å². The van der Waals surface area contributed by atoms with Crippen LogP contribution in [-0.2, 0) is 15.7 Å². The van der Waals surface area contributed by atoms with Crippen LogP contribution in [0, 0.1) is 5.95 Å². The van der Waals surface area contributed by atoms with E-state index < -0.39 is 24.3 Å². The molecule has 0 radical (unpaired) electrons. The van der Waals surface area contributed by atoms with Crippen molar-refractivity contribution < 1.29 is 13.7 Å². The fourth-order valence-corrected chi connectivity index (χ4v) is 2.20. The van der Waals surface area contributed by atoms with Crippen LogP contribution in [0.5, 0.6) is 0 Å². The van der Waals surface area contributed by atoms with Gasteiger partial charge in [-0.25, -0.2) is 4.98 Å². The second-order valence-corrected chi connectivity index (χ2v) is 6.44. The quantitative estimate of drug-likeness (QED) is 0.672. The van der Waals surface area contributed by atoms with E-state index >= 15 is 0 Å². The zero-order chi connectivity index (χ0) is 15.1. The summed E-state index contributed by atoms with van der Waals surface area (Å²) in [7, 11) is -0.591. The molecule has 1 fully saturated rings. The highest BCUT2D eigenvalue weighted by atomic mass is 19.1. The third-order valence-electron chi connectivity index (χ3n) is 4.07. The Morgan fingerprint density at radius 2 is 1.85 bits per heavy atom. The molecule has 0 saturated carbocycles. The largest absolute Gasteiger partial charge is 0.495 e. The van der Waals surface area contributed by atoms with Crippen LogP contribution < -0.4 is 11.2 Å². The normalized spacial score (nSPS) is 22.1. The van der Waals surface area contributed by atoms with Crippen LogP contribution in [-0.4, -0.2) is 29.3 Å². The zero-order valence-corrected chi connectivity index (χ0v) is 12.7. The maximum Gasteiger partial charge on any atom is 0.495 e. The Morgan fingerprint density at radius 1 is 1.30 bits per heavy atom. The molecule has 0 bridgehead atoms. The van der Waals surface area contributed by atoms with Crippen LogP contribution >= 0.6 is 0 Å². The number of aromatic nitrogens is 1. The van der Waals surface area contributed by atoms with E-state index in [9.17, 15) is 4.39 Å². The number of pyridine rings is 1. The van der Waals surface area contributed by atoms with Gasteiger partial charge in [0.25, 0.3) is 0 Å². The third kappa shape index (κ3) is 2.73. The summed E-state index contributed by atoms with van der Waals surface area (Å²) < 4.78 is 25.9. The first-order valence-corrected chi connectivity index (χ1v) is 6.88. The average Bonchev–Trinajstić information content (AvgIpc) is 2.50. The molecule has 0 aromatic carbocycles. The Hall–Kier alpha value is -0.975. The molecule has 20 heavy (non-hydrogen) atoms. The highest BCUT2D eigenvalue weighted by Gasteiger charge is 2.52. The topological polar surface area (TPSA) is 57.4 Å². The number of nitrogens with two attached hydrogens (primary N) is 1. The SMILES string of the molecule is CC(N)Cc1c(B2OC(C)(C)C(C)(C)O2)ccnc1F. The molecule has 6 heteroatoms. The lowest BCUT2D eigenvalue weighted by Crippen LogP contribution is -2.41. The molecule has 1 unspecified atom stereocenters. The van der Waals surface area contributed by atoms with Crippen LogP contribution in [0.1, 0.15) is 40.2 Å². The molecule has 1 saturated heterocycles. The minimum absolute atomic E-state index is 0.158. The fourth-order valence-electron chi connectivity index (χ4n) is 2.20. The minimum atomic E-state index is -0.591. The molecule has 0 spiro atoms. The molecule has 1 aromatic heterocycles. The predicted molar refractivity (Wildman–Crippen MR) is 77.3 cm³/mol. The van der Waals surface area contributed by atoms with Gasteiger partial charge in [-0.15, -0.1) is 0 Å². The van der Waals surface area contributed by atoms with Crippen molar-refractivity contribution in [2.75, 3.05) is 0 Å². The first kappa shape index (κ1) is 15.4. The second kappa shape index (κ2) is 5.09. The van der Waals surface area contributed by atoms with Gasteiger partial charge >= 0.3 is 7.12 Å². The zero-order valence-electron chi connectivity index (χ0n) is 12.7. The lowest BCUT2D eigenvalue weighted by Gasteiger charge is -2.32. The number of halogens is 1. The van der Waals surface area contributed by atoms with Gasteiger partial charge in [0.05, 0.1) is 11.2 Å². The molecule has 110 valence electrons. The van der Waals surface area contributed by atoms with Gasteiger partial charge in [0.2, 0.25) is 5.95 Å². The molecule has 1 atom stereocenters. The molecular weight excluding hydrogens is 258 g/mol. The summed E-state index contributed by atoms with van der Waals surface area (Å²) in [6.07, 6.45) is 1.83. The number of hydrogen-bond acceptors (Lipinski definition) is 4. The molecule has 2 N–H and O–H groups in total. The number of hydrogen-bond donors (Lipinski definition) is 1. The van der Waals surface area contributed by atoms with E-state index in [0.717, 1.165) is 0 Å². The number of nitrogens with zero attached hydrogens (tertiary/aromatic N) is 1. The van der Waals surface area contributed by atoms with E-state index in [1.54, 1.807) is 6.07 Å². The fraction of sp³-hybridized carbons (Fsp3) is 0.643. The molecule has 4 nitrogen and oxygen atoms in total. The molecular formula is C14H22BFN2O2. The van der Waals surface area contributed by atoms with Gasteiger partial charge in [-0.3, -0.25) is 0 Å². The Bertz CT molecular complexity index is 490. The van der Waals surface area contributed by atoms with E-state index in [-0.39, 0.29) is 6.04 Å². The smallest absolute Gasteiger partial charge is 0.399 e. The maximum atomic E-state index is 14.0. The summed E-state index contributed by atoms with van der Waals surface area (Å²) >= 11 is 0. The lowest BCUT2D eigenvalue weighted by molar-refractivity contribution is 0.00578. The highest BCUT2D eigenvalue weighted by molar-refractivity contribution is 6.62. The van der Waals surface area contributed by atoms with Crippen molar-refractivity contribution in [1.82, 2.24) is 4.98 Å². The van der Waals surface area contributed by atoms with Gasteiger partial charge in [0.15, 0.2) is 0 Å². The van der Waals surface area contributed by atoms with Crippen molar-refractivity contribution in [1.29, 1.82) is 0 Å². The molecule has 1 aromatic rings. The summed E-state index contributed by atoms with van der Waals surface area (Å²) in [5.41, 5.74) is 6.03. The van der Waals surface area contributed by atoms with Gasteiger partial charge < -0.3 is 15.0 Å². The van der Waals surface area contributed by atoms with Gasteiger partial charge in [-0.05, 0) is 52.6 Å². The molecule has 1 aliphatic heterocycles. The van der Waals surface area contributed by atoms with Crippen LogP contribution in [0.4, 0.5) is 4.39 Å². The highest BCUT2D eigenvalue weighted by Crippen LogP contribution is 2.36. The van der Waals surface area contributed by atoms with Crippen LogP contribution in [0.2, 0.25) is 0 Å². The van der Waals surface area contributed by atoms with Gasteiger partial charge in [-0.1, -0.05) is 0 Å². The standard InChI is InChI=1S/C14H22BFN2O2/c1-9(17)8-10-11(6-7-18-12(10)16)15-19-13(2,3)14(4,5)20-15/h6-7,9H,8,17H2,1-5H3. The third-order valence-corrected chi connectivity index (χ3v) is 4.07. The average molecular weight is 280 g/mol. The van der Waals surface area contributed by atoms with Gasteiger partial charge in [0, 0.05) is 17.8 Å². The second-order valence-electron chi connectivity index (χ2n) is 6.44. The van der Waals surface area contributed by atoms with E-state index in [2.05, 4.69) is 4.98 Å². The molecule has 0 amide bonds. The van der Waals surface area contributed by atoms with Crippen LogP contribution in [0.3, 0.4) is 0 Å². The van der Waals surface area contributed by atoms with E-state index in [1.807, 2.05) is 34.6 Å². The molecule has 2 heterocycles. The Balaban J connectivity index is 2.37. The number of rotatable bonds is 3. The van der Waals surface area contributed by atoms with Gasteiger partial charge in [0.1, 0.15) is 0 Å². The molecule has 0 aliphatic carbocycles. The molecule has 1 aliphatic rings. The van der Waals surface area contributed by atoms with E-state index in [0.29, 0.717) is 17.4 Å². The summed E-state index contributed by atoms with van der Waals surface area (Å²) in [5, 5.41) is 0. The summed E-state index contributed by atoms with van der Waals surface area (Å²) in [4.78, 5) is 3.70. The summed E-state index contributed by atoms with van der Waals surface area (Å²) in [6.45, 7) is 9.71. The van der Waals surface area contributed by atoms with Crippen LogP contribution in [0.25, 0.3) is 0 Å². The van der Waals surface area contributed by atoms with Crippen molar-refractivity contribution in [2.45, 2.75) is 58.3 Å². The Morgan fingerprint density at radius 3 is 2.35 bits per heavy atom. The summed E-state index contributed by atoms with van der Waals surface area (Å²) in [5.74, 6) is -0.505. The van der Waals surface area contributed by atoms with Crippen molar-refractivity contribution in [2.24, 2.45) is 5.73 Å². The van der Waals surface area contributed by atoms with Crippen molar-refractivity contribution in [3.63, 3.8) is 0 Å². The first-order chi connectivity index (χ1) is 9.14. The maximum absolute atomic E-state index is 14.0. The van der Waals surface area contributed by atoms with Crippen LogP contribution in [0.15, 0.2) is 12.3 Å². The Kier molecular flexibility index (Phi) is 3.93. The lowest BCUT2D eigenvalue weighted by atomic mass is 9.75. The van der Waals surface area contributed by atoms with E-state index in [1.165, 1.54) is 6.20 Å². The molecule has 2 rings (SSSR count). The predicted octanol–water partition coefficient (Wildman–Crippen LogP) is 1.41. The van der Waals surface area contributed by atoms with Crippen molar-refractivity contribution >= 4 is 12.6 Å². The first-order valence-electron chi connectivity index (χ1n) is 6.88.